The smallest absolute Gasteiger partial charge is 0.350 e. The molecule has 41 heavy (non-hydrogen) atoms. The molecule has 0 saturated carbocycles. The van der Waals surface area contributed by atoms with E-state index in [1.807, 2.05) is 6.20 Å². The van der Waals surface area contributed by atoms with Crippen LogP contribution in [-0.2, 0) is 23.4 Å². The number of aromatic nitrogens is 4. The van der Waals surface area contributed by atoms with Crippen LogP contribution in [0, 0.1) is 0 Å². The lowest BCUT2D eigenvalue weighted by Gasteiger charge is -2.19. The number of hydrogen-bond acceptors (Lipinski definition) is 8. The lowest BCUT2D eigenvalue weighted by atomic mass is 10.0. The quantitative estimate of drug-likeness (QED) is 0.241. The molecule has 8 rings (SSSR count). The van der Waals surface area contributed by atoms with E-state index in [0.29, 0.717) is 43.2 Å². The van der Waals surface area contributed by atoms with Gasteiger partial charge in [-0.3, -0.25) is 9.48 Å². The zero-order chi connectivity index (χ0) is 29.1. The normalized spacial score (nSPS) is 15.8. The first-order valence-electron chi connectivity index (χ1n) is 12.6. The second kappa shape index (κ2) is 11.8. The Hall–Kier alpha value is -4.06. The average Bonchev–Trinajstić information content (AvgIpc) is 3.40. The van der Waals surface area contributed by atoms with Gasteiger partial charge in [0.15, 0.2) is 8.38 Å². The molecule has 14 heteroatoms. The topological polar surface area (TPSA) is 117 Å². The van der Waals surface area contributed by atoms with Crippen molar-refractivity contribution in [2.45, 2.75) is 25.3 Å². The summed E-state index contributed by atoms with van der Waals surface area (Å²) in [6.07, 6.45) is 0.350. The van der Waals surface area contributed by atoms with E-state index in [-0.39, 0.29) is 17.2 Å². The van der Waals surface area contributed by atoms with Gasteiger partial charge in [-0.2, -0.15) is 23.3 Å². The number of carbonyl (C=O) groups is 1. The van der Waals surface area contributed by atoms with Gasteiger partial charge in [-0.25, -0.2) is 4.98 Å². The summed E-state index contributed by atoms with van der Waals surface area (Å²) in [5.41, 5.74) is 1.98. The molecule has 4 aliphatic heterocycles. The van der Waals surface area contributed by atoms with Crippen molar-refractivity contribution >= 4 is 37.4 Å². The minimum Gasteiger partial charge on any atom is -0.350 e. The van der Waals surface area contributed by atoms with Crippen LogP contribution < -0.4 is 10.6 Å². The Morgan fingerprint density at radius 1 is 1.10 bits per heavy atom. The standard InChI is InChI=1S/C27H27F3N7O3P/c1-36(2)25(38)21-12-18-6-9-23(21)34-24-22(27(28,29)30)14-31-26(35-24)33-20-7-4-17(5-8-20)16-41(39)40-11-3-10-37-15-19(18)13-32-37/h4-9,12-15,39H,3,10-11,16H2,1-2H3,(H2,31,33,34,35). The molecule has 2 aromatic heterocycles. The van der Waals surface area contributed by atoms with Crippen molar-refractivity contribution in [3.8, 4) is 11.1 Å². The van der Waals surface area contributed by atoms with Gasteiger partial charge in [0, 0.05) is 50.4 Å². The van der Waals surface area contributed by atoms with Crippen molar-refractivity contribution in [3.63, 3.8) is 0 Å². The lowest BCUT2D eigenvalue weighted by molar-refractivity contribution is -0.137. The Morgan fingerprint density at radius 3 is 2.61 bits per heavy atom. The predicted octanol–water partition coefficient (Wildman–Crippen LogP) is 5.77. The second-order valence-corrected chi connectivity index (χ2v) is 10.8. The van der Waals surface area contributed by atoms with Crippen LogP contribution in [0.15, 0.2) is 61.1 Å². The molecule has 2 aromatic carbocycles. The summed E-state index contributed by atoms with van der Waals surface area (Å²) in [6.45, 7) is 0.898. The maximum Gasteiger partial charge on any atom is 0.421 e. The summed E-state index contributed by atoms with van der Waals surface area (Å²) in [5.74, 6) is -0.993. The first-order chi connectivity index (χ1) is 19.6. The summed E-state index contributed by atoms with van der Waals surface area (Å²) >= 11 is 0. The van der Waals surface area contributed by atoms with Gasteiger partial charge in [0.2, 0.25) is 5.95 Å². The van der Waals surface area contributed by atoms with Crippen LogP contribution in [0.5, 0.6) is 0 Å². The van der Waals surface area contributed by atoms with Crippen molar-refractivity contribution in [2.75, 3.05) is 31.3 Å². The molecule has 4 aliphatic rings. The molecule has 0 radical (unpaired) electrons. The number of alkyl halides is 3. The van der Waals surface area contributed by atoms with Crippen LogP contribution in [0.25, 0.3) is 11.1 Å². The summed E-state index contributed by atoms with van der Waals surface area (Å²) in [7, 11) is 1.44. The monoisotopic (exact) mass is 585 g/mol. The molecule has 1 amide bonds. The number of rotatable bonds is 1. The molecular weight excluding hydrogens is 558 g/mol. The van der Waals surface area contributed by atoms with Gasteiger partial charge >= 0.3 is 6.18 Å². The van der Waals surface area contributed by atoms with E-state index in [2.05, 4.69) is 25.7 Å². The highest BCUT2D eigenvalue weighted by molar-refractivity contribution is 7.45. The van der Waals surface area contributed by atoms with Gasteiger partial charge in [-0.05, 0) is 41.8 Å². The molecule has 214 valence electrons. The largest absolute Gasteiger partial charge is 0.421 e. The Balaban J connectivity index is 1.59. The predicted molar refractivity (Wildman–Crippen MR) is 149 cm³/mol. The number of halogens is 3. The SMILES string of the molecule is CN(C)C(=O)c1cc2ccc1Nc1nc(ncc1C(F)(F)F)Nc1ccc(cc1)CP(O)OCCCn1cc-2cn1. The molecule has 0 fully saturated rings. The van der Waals surface area contributed by atoms with Gasteiger partial charge in [0.05, 0.1) is 24.1 Å². The molecular formula is C27H27F3N7O3P. The van der Waals surface area contributed by atoms with Gasteiger partial charge in [-0.1, -0.05) is 18.2 Å². The first kappa shape index (κ1) is 28.5. The van der Waals surface area contributed by atoms with Gasteiger partial charge in [0.1, 0.15) is 11.4 Å². The number of anilines is 4. The Morgan fingerprint density at radius 2 is 1.88 bits per heavy atom. The van der Waals surface area contributed by atoms with E-state index in [1.165, 1.54) is 4.90 Å². The summed E-state index contributed by atoms with van der Waals surface area (Å²) in [6, 6.07) is 11.8. The maximum atomic E-state index is 13.9. The molecule has 0 saturated heterocycles. The van der Waals surface area contributed by atoms with Crippen molar-refractivity contribution in [1.29, 1.82) is 0 Å². The highest BCUT2D eigenvalue weighted by atomic mass is 31.2. The number of carbonyl (C=O) groups excluding carboxylic acids is 1. The van der Waals surface area contributed by atoms with Crippen LogP contribution in [0.1, 0.15) is 27.9 Å². The number of nitrogens with one attached hydrogen (secondary N) is 2. The van der Waals surface area contributed by atoms with Crippen molar-refractivity contribution in [1.82, 2.24) is 24.6 Å². The third-order valence-electron chi connectivity index (χ3n) is 6.27. The third kappa shape index (κ3) is 6.82. The molecule has 0 spiro atoms. The van der Waals surface area contributed by atoms with Crippen LogP contribution in [0.4, 0.5) is 36.3 Å². The van der Waals surface area contributed by atoms with Crippen molar-refractivity contribution in [2.24, 2.45) is 0 Å². The molecule has 3 N–H and O–H groups in total. The van der Waals surface area contributed by atoms with Gasteiger partial charge in [0.25, 0.3) is 5.91 Å². The summed E-state index contributed by atoms with van der Waals surface area (Å²) in [5, 5.41) is 10.0. The fourth-order valence-corrected chi connectivity index (χ4v) is 5.13. The molecule has 4 aromatic rings. The number of nitrogens with zero attached hydrogens (tertiary/aromatic N) is 5. The van der Waals surface area contributed by atoms with E-state index < -0.39 is 31.8 Å². The average molecular weight is 586 g/mol. The number of amides is 1. The summed E-state index contributed by atoms with van der Waals surface area (Å²) < 4.78 is 49.2. The second-order valence-electron chi connectivity index (χ2n) is 9.55. The molecule has 1 atom stereocenters. The lowest BCUT2D eigenvalue weighted by Crippen LogP contribution is -2.23. The van der Waals surface area contributed by atoms with Crippen LogP contribution in [0.2, 0.25) is 0 Å². The highest BCUT2D eigenvalue weighted by Crippen LogP contribution is 2.38. The molecule has 10 nitrogen and oxygen atoms in total. The molecule has 6 heterocycles. The van der Waals surface area contributed by atoms with Crippen molar-refractivity contribution < 1.29 is 27.4 Å². The Kier molecular flexibility index (Phi) is 8.20. The Bertz CT molecular complexity index is 1540. The molecule has 8 bridgehead atoms. The minimum absolute atomic E-state index is 0.0762. The van der Waals surface area contributed by atoms with Crippen LogP contribution >= 0.6 is 8.38 Å². The van der Waals surface area contributed by atoms with E-state index in [1.54, 1.807) is 67.4 Å². The molecule has 1 unspecified atom stereocenters. The highest BCUT2D eigenvalue weighted by Gasteiger charge is 2.36. The van der Waals surface area contributed by atoms with E-state index >= 15 is 0 Å². The van der Waals surface area contributed by atoms with Gasteiger partial charge < -0.3 is 25.0 Å². The summed E-state index contributed by atoms with van der Waals surface area (Å²) in [4.78, 5) is 32.8. The van der Waals surface area contributed by atoms with Gasteiger partial charge in [-0.15, -0.1) is 0 Å². The zero-order valence-corrected chi connectivity index (χ0v) is 23.1. The zero-order valence-electron chi connectivity index (χ0n) is 22.2. The van der Waals surface area contributed by atoms with E-state index in [9.17, 15) is 22.9 Å². The van der Waals surface area contributed by atoms with Crippen LogP contribution in [-0.4, -0.2) is 56.2 Å². The first-order valence-corrected chi connectivity index (χ1v) is 14.0. The van der Waals surface area contributed by atoms with E-state index in [0.717, 1.165) is 11.1 Å². The number of hydrogen-bond donors (Lipinski definition) is 3. The van der Waals surface area contributed by atoms with E-state index in [4.69, 9.17) is 4.52 Å². The number of benzene rings is 2. The number of aryl methyl sites for hydroxylation is 1. The van der Waals surface area contributed by atoms with Crippen molar-refractivity contribution in [3.05, 3.63) is 77.7 Å². The van der Waals surface area contributed by atoms with Crippen LogP contribution in [0.3, 0.4) is 0 Å². The third-order valence-corrected chi connectivity index (χ3v) is 7.39. The minimum atomic E-state index is -4.75. The maximum absolute atomic E-state index is 13.9. The molecule has 0 aliphatic carbocycles. The fraction of sp³-hybridized carbons (Fsp3) is 0.259. The Labute approximate surface area is 235 Å². The fourth-order valence-electron chi connectivity index (χ4n) is 4.18.